The lowest BCUT2D eigenvalue weighted by Gasteiger charge is -2.03. The summed E-state index contributed by atoms with van der Waals surface area (Å²) in [6.07, 6.45) is 0. The lowest BCUT2D eigenvalue weighted by Crippen LogP contribution is -2.00. The van der Waals surface area contributed by atoms with E-state index in [0.29, 0.717) is 5.82 Å². The van der Waals surface area contributed by atoms with Crippen molar-refractivity contribution in [3.8, 4) is 11.4 Å². The molecule has 0 radical (unpaired) electrons. The molecule has 2 N–H and O–H groups in total. The molecule has 0 fully saturated rings. The van der Waals surface area contributed by atoms with Crippen molar-refractivity contribution in [2.45, 2.75) is 0 Å². The van der Waals surface area contributed by atoms with Crippen LogP contribution in [0.2, 0.25) is 5.28 Å². The Morgan fingerprint density at radius 3 is 2.53 bits per heavy atom. The van der Waals surface area contributed by atoms with Gasteiger partial charge in [-0.05, 0) is 40.3 Å². The van der Waals surface area contributed by atoms with Crippen LogP contribution in [0.1, 0.15) is 0 Å². The van der Waals surface area contributed by atoms with Crippen molar-refractivity contribution in [2.24, 2.45) is 0 Å². The maximum Gasteiger partial charge on any atom is 0.227 e. The molecule has 0 saturated carbocycles. The van der Waals surface area contributed by atoms with Gasteiger partial charge in [0, 0.05) is 9.13 Å². The minimum Gasteiger partial charge on any atom is -0.368 e. The Bertz CT molecular complexity index is 483. The van der Waals surface area contributed by atoms with Crippen molar-refractivity contribution in [1.82, 2.24) is 15.0 Å². The zero-order chi connectivity index (χ0) is 10.8. The zero-order valence-corrected chi connectivity index (χ0v) is 10.4. The van der Waals surface area contributed by atoms with Crippen molar-refractivity contribution < 1.29 is 0 Å². The Morgan fingerprint density at radius 1 is 1.13 bits per heavy atom. The molecule has 0 unspecified atom stereocenters. The van der Waals surface area contributed by atoms with E-state index >= 15 is 0 Å². The summed E-state index contributed by atoms with van der Waals surface area (Å²) in [6.45, 7) is 0. The minimum atomic E-state index is 0.108. The minimum absolute atomic E-state index is 0.108. The van der Waals surface area contributed by atoms with Crippen molar-refractivity contribution >= 4 is 40.1 Å². The van der Waals surface area contributed by atoms with E-state index in [9.17, 15) is 0 Å². The van der Waals surface area contributed by atoms with Gasteiger partial charge >= 0.3 is 0 Å². The van der Waals surface area contributed by atoms with Gasteiger partial charge in [-0.1, -0.05) is 18.2 Å². The molecular formula is C9H6ClIN4. The van der Waals surface area contributed by atoms with Crippen molar-refractivity contribution in [3.63, 3.8) is 0 Å². The van der Waals surface area contributed by atoms with E-state index in [-0.39, 0.29) is 11.2 Å². The van der Waals surface area contributed by atoms with Gasteiger partial charge in [-0.3, -0.25) is 0 Å². The van der Waals surface area contributed by atoms with E-state index in [1.165, 1.54) is 0 Å². The topological polar surface area (TPSA) is 64.7 Å². The fourth-order valence-electron chi connectivity index (χ4n) is 1.13. The van der Waals surface area contributed by atoms with E-state index in [4.69, 9.17) is 17.3 Å². The average molecular weight is 333 g/mol. The van der Waals surface area contributed by atoms with Crippen LogP contribution in [0.3, 0.4) is 0 Å². The number of benzene rings is 1. The zero-order valence-electron chi connectivity index (χ0n) is 7.48. The molecule has 1 aromatic carbocycles. The highest BCUT2D eigenvalue weighted by atomic mass is 127. The third kappa shape index (κ3) is 2.35. The van der Waals surface area contributed by atoms with E-state index in [0.717, 1.165) is 9.13 Å². The largest absolute Gasteiger partial charge is 0.368 e. The molecule has 6 heteroatoms. The predicted octanol–water partition coefficient (Wildman–Crippen LogP) is 2.38. The first-order valence-corrected chi connectivity index (χ1v) is 5.54. The van der Waals surface area contributed by atoms with Crippen LogP contribution in [0.4, 0.5) is 5.95 Å². The number of anilines is 1. The summed E-state index contributed by atoms with van der Waals surface area (Å²) in [5.74, 6) is 0.627. The van der Waals surface area contributed by atoms with Gasteiger partial charge in [0.15, 0.2) is 5.82 Å². The molecule has 2 rings (SSSR count). The smallest absolute Gasteiger partial charge is 0.227 e. The molecule has 4 nitrogen and oxygen atoms in total. The molecule has 15 heavy (non-hydrogen) atoms. The summed E-state index contributed by atoms with van der Waals surface area (Å²) < 4.78 is 1.04. The molecule has 76 valence electrons. The quantitative estimate of drug-likeness (QED) is 0.814. The van der Waals surface area contributed by atoms with Crippen LogP contribution >= 0.6 is 34.2 Å². The summed E-state index contributed by atoms with van der Waals surface area (Å²) in [7, 11) is 0. The average Bonchev–Trinajstić information content (AvgIpc) is 2.16. The molecule has 1 heterocycles. The summed E-state index contributed by atoms with van der Waals surface area (Å²) in [5, 5.41) is 0.108. The van der Waals surface area contributed by atoms with Gasteiger partial charge in [0.1, 0.15) is 0 Å². The summed E-state index contributed by atoms with van der Waals surface area (Å²) in [4.78, 5) is 11.8. The van der Waals surface area contributed by atoms with Crippen LogP contribution in [-0.2, 0) is 0 Å². The van der Waals surface area contributed by atoms with Gasteiger partial charge in [0.05, 0.1) is 0 Å². The molecule has 0 aliphatic rings. The number of hydrogen-bond donors (Lipinski definition) is 1. The van der Waals surface area contributed by atoms with Crippen LogP contribution < -0.4 is 5.73 Å². The van der Waals surface area contributed by atoms with E-state index < -0.39 is 0 Å². The van der Waals surface area contributed by atoms with Gasteiger partial charge in [-0.2, -0.15) is 15.0 Å². The van der Waals surface area contributed by atoms with Gasteiger partial charge in [-0.25, -0.2) is 0 Å². The highest BCUT2D eigenvalue weighted by Crippen LogP contribution is 2.22. The molecular weight excluding hydrogens is 326 g/mol. The Labute approximate surface area is 105 Å². The number of nitrogen functional groups attached to an aromatic ring is 1. The SMILES string of the molecule is Nc1nc(Cl)nc(-c2ccccc2I)n1. The van der Waals surface area contributed by atoms with Crippen LogP contribution in [0.15, 0.2) is 24.3 Å². The maximum atomic E-state index is 5.71. The first-order valence-electron chi connectivity index (χ1n) is 4.09. The summed E-state index contributed by atoms with van der Waals surface area (Å²) in [5.41, 5.74) is 6.40. The van der Waals surface area contributed by atoms with E-state index in [1.807, 2.05) is 24.3 Å². The number of nitrogens with two attached hydrogens (primary N) is 1. The summed E-state index contributed by atoms with van der Waals surface area (Å²) >= 11 is 7.91. The number of nitrogens with zero attached hydrogens (tertiary/aromatic N) is 3. The molecule has 0 atom stereocenters. The molecule has 0 saturated heterocycles. The number of rotatable bonds is 1. The number of halogens is 2. The Balaban J connectivity index is 2.59. The predicted molar refractivity (Wildman–Crippen MR) is 67.4 cm³/mol. The second-order valence-electron chi connectivity index (χ2n) is 2.77. The monoisotopic (exact) mass is 332 g/mol. The molecule has 0 spiro atoms. The first kappa shape index (κ1) is 10.6. The fourth-order valence-corrected chi connectivity index (χ4v) is 1.92. The molecule has 0 aliphatic heterocycles. The Kier molecular flexibility index (Phi) is 3.01. The van der Waals surface area contributed by atoms with Crippen LogP contribution in [0.5, 0.6) is 0 Å². The van der Waals surface area contributed by atoms with Crippen LogP contribution in [0, 0.1) is 3.57 Å². The molecule has 1 aromatic heterocycles. The third-order valence-corrected chi connectivity index (χ3v) is 2.85. The molecule has 0 aliphatic carbocycles. The van der Waals surface area contributed by atoms with Crippen LogP contribution in [-0.4, -0.2) is 15.0 Å². The van der Waals surface area contributed by atoms with Gasteiger partial charge in [0.2, 0.25) is 11.2 Å². The van der Waals surface area contributed by atoms with Crippen molar-refractivity contribution in [2.75, 3.05) is 5.73 Å². The van der Waals surface area contributed by atoms with Crippen molar-refractivity contribution in [3.05, 3.63) is 33.1 Å². The lowest BCUT2D eigenvalue weighted by molar-refractivity contribution is 1.07. The lowest BCUT2D eigenvalue weighted by atomic mass is 10.2. The third-order valence-electron chi connectivity index (χ3n) is 1.74. The van der Waals surface area contributed by atoms with Crippen LogP contribution in [0.25, 0.3) is 11.4 Å². The van der Waals surface area contributed by atoms with Gasteiger partial charge in [-0.15, -0.1) is 0 Å². The normalized spacial score (nSPS) is 10.3. The number of hydrogen-bond acceptors (Lipinski definition) is 4. The van der Waals surface area contributed by atoms with E-state index in [1.54, 1.807) is 0 Å². The van der Waals surface area contributed by atoms with Crippen molar-refractivity contribution in [1.29, 1.82) is 0 Å². The molecule has 2 aromatic rings. The summed E-state index contributed by atoms with van der Waals surface area (Å²) in [6, 6.07) is 7.72. The van der Waals surface area contributed by atoms with Gasteiger partial charge < -0.3 is 5.73 Å². The number of aromatic nitrogens is 3. The first-order chi connectivity index (χ1) is 7.16. The second-order valence-corrected chi connectivity index (χ2v) is 4.27. The standard InChI is InChI=1S/C9H6ClIN4/c10-8-13-7(14-9(12)15-8)5-3-1-2-4-6(5)11/h1-4H,(H2,12,13,14,15). The molecule has 0 bridgehead atoms. The Hall–Kier alpha value is -0.950. The second kappa shape index (κ2) is 4.28. The maximum absolute atomic E-state index is 5.71. The highest BCUT2D eigenvalue weighted by Gasteiger charge is 2.07. The highest BCUT2D eigenvalue weighted by molar-refractivity contribution is 14.1. The fraction of sp³-hybridized carbons (Fsp3) is 0. The molecule has 0 amide bonds. The van der Waals surface area contributed by atoms with Gasteiger partial charge in [0.25, 0.3) is 0 Å². The Morgan fingerprint density at radius 2 is 1.87 bits per heavy atom. The van der Waals surface area contributed by atoms with E-state index in [2.05, 4.69) is 37.5 Å².